The third-order valence-electron chi connectivity index (χ3n) is 4.39. The summed E-state index contributed by atoms with van der Waals surface area (Å²) in [6.07, 6.45) is 14.6. The van der Waals surface area contributed by atoms with Gasteiger partial charge in [-0.3, -0.25) is 9.59 Å². The van der Waals surface area contributed by atoms with Crippen LogP contribution in [0.15, 0.2) is 0 Å². The van der Waals surface area contributed by atoms with Gasteiger partial charge in [-0.1, -0.05) is 78.1 Å². The molecule has 2 N–H and O–H groups in total. The highest BCUT2D eigenvalue weighted by Crippen LogP contribution is 2.09. The minimum absolute atomic E-state index is 0.0247. The highest BCUT2D eigenvalue weighted by Gasteiger charge is 2.13. The monoisotopic (exact) mass is 356 g/mol. The molecule has 0 radical (unpaired) electrons. The van der Waals surface area contributed by atoms with Crippen LogP contribution in [0.4, 0.5) is 0 Å². The van der Waals surface area contributed by atoms with Crippen molar-refractivity contribution in [3.63, 3.8) is 0 Å². The summed E-state index contributed by atoms with van der Waals surface area (Å²) in [7, 11) is 0. The van der Waals surface area contributed by atoms with Gasteiger partial charge in [-0.05, 0) is 12.8 Å². The van der Waals surface area contributed by atoms with Gasteiger partial charge in [0.15, 0.2) is 0 Å². The second kappa shape index (κ2) is 17.7. The Bertz CT molecular complexity index is 319. The van der Waals surface area contributed by atoms with Gasteiger partial charge in [0.1, 0.15) is 13.2 Å². The summed E-state index contributed by atoms with van der Waals surface area (Å²) in [5.74, 6) is -0.561. The lowest BCUT2D eigenvalue weighted by atomic mass is 10.1. The van der Waals surface area contributed by atoms with E-state index in [2.05, 4.69) is 13.8 Å². The minimum Gasteiger partial charge on any atom is -0.368 e. The normalized spacial score (nSPS) is 10.8. The summed E-state index contributed by atoms with van der Waals surface area (Å²) in [5, 5.41) is 0. The summed E-state index contributed by atoms with van der Waals surface area (Å²) in [6.45, 7) is 5.78. The SMILES string of the molecule is CCCCCCCCN(CCCCCCCC)C(=O)COCC(N)=O. The molecule has 0 aromatic heterocycles. The number of carbonyl (C=O) groups is 2. The molecule has 0 atom stereocenters. The molecule has 0 rings (SSSR count). The average molecular weight is 357 g/mol. The van der Waals surface area contributed by atoms with Crippen LogP contribution in [0, 0.1) is 0 Å². The first-order chi connectivity index (χ1) is 12.1. The van der Waals surface area contributed by atoms with Crippen LogP contribution in [-0.2, 0) is 14.3 Å². The fraction of sp³-hybridized carbons (Fsp3) is 0.900. The Morgan fingerprint density at radius 3 is 1.60 bits per heavy atom. The Morgan fingerprint density at radius 1 is 0.720 bits per heavy atom. The zero-order valence-electron chi connectivity index (χ0n) is 16.6. The summed E-state index contributed by atoms with van der Waals surface area (Å²) >= 11 is 0. The topological polar surface area (TPSA) is 72.6 Å². The molecule has 148 valence electrons. The van der Waals surface area contributed by atoms with Gasteiger partial charge in [0.2, 0.25) is 11.8 Å². The van der Waals surface area contributed by atoms with Gasteiger partial charge >= 0.3 is 0 Å². The molecule has 0 saturated heterocycles. The van der Waals surface area contributed by atoms with Crippen molar-refractivity contribution in [1.82, 2.24) is 4.90 Å². The van der Waals surface area contributed by atoms with E-state index in [0.717, 1.165) is 25.9 Å². The van der Waals surface area contributed by atoms with E-state index in [4.69, 9.17) is 10.5 Å². The number of carbonyl (C=O) groups excluding carboxylic acids is 2. The second-order valence-electron chi connectivity index (χ2n) is 6.88. The Kier molecular flexibility index (Phi) is 16.9. The molecule has 0 heterocycles. The maximum Gasteiger partial charge on any atom is 0.248 e. The Morgan fingerprint density at radius 2 is 1.16 bits per heavy atom. The molecule has 0 aliphatic heterocycles. The van der Waals surface area contributed by atoms with Gasteiger partial charge in [-0.15, -0.1) is 0 Å². The molecule has 0 aromatic rings. The van der Waals surface area contributed by atoms with Gasteiger partial charge in [0.05, 0.1) is 0 Å². The highest BCUT2D eigenvalue weighted by atomic mass is 16.5. The molecule has 2 amide bonds. The van der Waals surface area contributed by atoms with E-state index in [9.17, 15) is 9.59 Å². The van der Waals surface area contributed by atoms with Gasteiger partial charge in [0, 0.05) is 13.1 Å². The van der Waals surface area contributed by atoms with E-state index in [-0.39, 0.29) is 19.1 Å². The lowest BCUT2D eigenvalue weighted by Crippen LogP contribution is -2.36. The maximum absolute atomic E-state index is 12.3. The van der Waals surface area contributed by atoms with Gasteiger partial charge in [-0.25, -0.2) is 0 Å². The number of unbranched alkanes of at least 4 members (excludes halogenated alkanes) is 10. The molecule has 5 heteroatoms. The van der Waals surface area contributed by atoms with Crippen molar-refractivity contribution in [1.29, 1.82) is 0 Å². The predicted molar refractivity (Wildman–Crippen MR) is 103 cm³/mol. The fourth-order valence-electron chi connectivity index (χ4n) is 2.86. The Balaban J connectivity index is 4.06. The van der Waals surface area contributed by atoms with Crippen molar-refractivity contribution >= 4 is 11.8 Å². The molecule has 0 saturated carbocycles. The number of nitrogens with zero attached hydrogens (tertiary/aromatic N) is 1. The molecule has 0 bridgehead atoms. The minimum atomic E-state index is -0.536. The zero-order valence-corrected chi connectivity index (χ0v) is 16.6. The van der Waals surface area contributed by atoms with Crippen LogP contribution in [0.1, 0.15) is 90.9 Å². The molecule has 0 aliphatic carbocycles. The van der Waals surface area contributed by atoms with Crippen molar-refractivity contribution < 1.29 is 14.3 Å². The fourth-order valence-corrected chi connectivity index (χ4v) is 2.86. The van der Waals surface area contributed by atoms with Crippen molar-refractivity contribution in [2.24, 2.45) is 5.73 Å². The van der Waals surface area contributed by atoms with Crippen LogP contribution in [0.5, 0.6) is 0 Å². The lowest BCUT2D eigenvalue weighted by molar-refractivity contribution is -0.138. The summed E-state index contributed by atoms with van der Waals surface area (Å²) in [6, 6.07) is 0. The summed E-state index contributed by atoms with van der Waals surface area (Å²) < 4.78 is 5.09. The van der Waals surface area contributed by atoms with Crippen molar-refractivity contribution in [2.45, 2.75) is 90.9 Å². The standard InChI is InChI=1S/C20H40N2O3/c1-3-5-7-9-11-13-15-22(16-14-12-10-8-6-4-2)20(24)18-25-17-19(21)23/h3-18H2,1-2H3,(H2,21,23). The predicted octanol–water partition coefficient (Wildman–Crippen LogP) is 4.04. The van der Waals surface area contributed by atoms with Crippen LogP contribution in [0.25, 0.3) is 0 Å². The van der Waals surface area contributed by atoms with Gasteiger partial charge in [-0.2, -0.15) is 0 Å². The zero-order chi connectivity index (χ0) is 18.8. The molecule has 0 unspecified atom stereocenters. The third-order valence-corrected chi connectivity index (χ3v) is 4.39. The average Bonchev–Trinajstić information content (AvgIpc) is 2.58. The second-order valence-corrected chi connectivity index (χ2v) is 6.88. The number of hydrogen-bond donors (Lipinski definition) is 1. The van der Waals surface area contributed by atoms with Crippen molar-refractivity contribution in [3.05, 3.63) is 0 Å². The number of nitrogens with two attached hydrogens (primary N) is 1. The quantitative estimate of drug-likeness (QED) is 0.377. The van der Waals surface area contributed by atoms with E-state index in [0.29, 0.717) is 0 Å². The molecule has 25 heavy (non-hydrogen) atoms. The number of ether oxygens (including phenoxy) is 1. The van der Waals surface area contributed by atoms with Crippen LogP contribution in [0.3, 0.4) is 0 Å². The van der Waals surface area contributed by atoms with E-state index >= 15 is 0 Å². The third kappa shape index (κ3) is 16.1. The lowest BCUT2D eigenvalue weighted by Gasteiger charge is -2.22. The van der Waals surface area contributed by atoms with Crippen LogP contribution >= 0.6 is 0 Å². The van der Waals surface area contributed by atoms with E-state index < -0.39 is 5.91 Å². The molecule has 0 spiro atoms. The molecule has 0 aliphatic rings. The number of amides is 2. The molecule has 0 fully saturated rings. The number of hydrogen-bond acceptors (Lipinski definition) is 3. The first-order valence-electron chi connectivity index (χ1n) is 10.3. The first-order valence-corrected chi connectivity index (χ1v) is 10.3. The smallest absolute Gasteiger partial charge is 0.248 e. The Labute approximate surface area is 154 Å². The van der Waals surface area contributed by atoms with Crippen LogP contribution < -0.4 is 5.73 Å². The van der Waals surface area contributed by atoms with E-state index in [1.807, 2.05) is 4.90 Å². The van der Waals surface area contributed by atoms with Crippen LogP contribution in [-0.4, -0.2) is 43.0 Å². The number of rotatable bonds is 18. The largest absolute Gasteiger partial charge is 0.368 e. The Hall–Kier alpha value is -1.10. The van der Waals surface area contributed by atoms with E-state index in [1.54, 1.807) is 0 Å². The summed E-state index contributed by atoms with van der Waals surface area (Å²) in [4.78, 5) is 24.9. The maximum atomic E-state index is 12.3. The molecule has 5 nitrogen and oxygen atoms in total. The van der Waals surface area contributed by atoms with E-state index in [1.165, 1.54) is 64.2 Å². The first kappa shape index (κ1) is 23.9. The molecular formula is C20H40N2O3. The molecular weight excluding hydrogens is 316 g/mol. The van der Waals surface area contributed by atoms with Crippen LogP contribution in [0.2, 0.25) is 0 Å². The number of primary amides is 1. The molecule has 0 aromatic carbocycles. The van der Waals surface area contributed by atoms with Crippen molar-refractivity contribution in [3.8, 4) is 0 Å². The summed E-state index contributed by atoms with van der Waals surface area (Å²) in [5.41, 5.74) is 5.04. The highest BCUT2D eigenvalue weighted by molar-refractivity contribution is 5.78. The van der Waals surface area contributed by atoms with Gasteiger partial charge < -0.3 is 15.4 Å². The van der Waals surface area contributed by atoms with Gasteiger partial charge in [0.25, 0.3) is 0 Å². The van der Waals surface area contributed by atoms with Crippen molar-refractivity contribution in [2.75, 3.05) is 26.3 Å².